The Labute approximate surface area is 238 Å². The predicted molar refractivity (Wildman–Crippen MR) is 144 cm³/mol. The number of carbonyl (C=O) groups excluding carboxylic acids is 5. The molecule has 11 heteroatoms. The Balaban J connectivity index is 1.39. The first-order valence-electron chi connectivity index (χ1n) is 14.4. The summed E-state index contributed by atoms with van der Waals surface area (Å²) in [7, 11) is 4.64. The molecule has 4 aliphatic carbocycles. The fourth-order valence-corrected chi connectivity index (χ4v) is 8.79. The van der Waals surface area contributed by atoms with E-state index in [9.17, 15) is 34.2 Å². The molecule has 1 saturated heterocycles. The second kappa shape index (κ2) is 9.71. The molecule has 1 aliphatic heterocycles. The number of amides is 1. The van der Waals surface area contributed by atoms with Crippen LogP contribution < -0.4 is 10.5 Å². The highest BCUT2D eigenvalue weighted by molar-refractivity contribution is 6.32. The van der Waals surface area contributed by atoms with Crippen molar-refractivity contribution >= 4 is 29.0 Å². The number of fused-ring (bicyclic) bond motifs is 4. The number of hydrogen-bond donors (Lipinski definition) is 3. The Morgan fingerprint density at radius 3 is 2.37 bits per heavy atom. The predicted octanol–water partition coefficient (Wildman–Crippen LogP) is 0.108. The first-order chi connectivity index (χ1) is 19.4. The number of likely N-dealkylation sites (N-methyl/N-ethyl adjacent to an activating group) is 1. The third-order valence-corrected chi connectivity index (χ3v) is 10.5. The van der Waals surface area contributed by atoms with Crippen molar-refractivity contribution in [2.24, 2.45) is 41.2 Å². The van der Waals surface area contributed by atoms with Crippen LogP contribution in [0.15, 0.2) is 6.07 Å². The quantitative estimate of drug-likeness (QED) is 0.415. The number of aromatic hydroxyl groups is 1. The molecule has 0 aromatic heterocycles. The summed E-state index contributed by atoms with van der Waals surface area (Å²) in [6.07, 6.45) is 3.91. The van der Waals surface area contributed by atoms with Gasteiger partial charge in [0, 0.05) is 36.7 Å². The normalized spacial score (nSPS) is 36.7. The molecule has 8 atom stereocenters. The van der Waals surface area contributed by atoms with E-state index in [1.807, 2.05) is 0 Å². The summed E-state index contributed by atoms with van der Waals surface area (Å²) in [5.41, 5.74) is 3.85. The van der Waals surface area contributed by atoms with Crippen LogP contribution in [0.3, 0.4) is 0 Å². The zero-order chi connectivity index (χ0) is 29.5. The molecule has 4 unspecified atom stereocenters. The van der Waals surface area contributed by atoms with E-state index in [4.69, 9.17) is 10.5 Å². The van der Waals surface area contributed by atoms with Crippen molar-refractivity contribution < 1.29 is 38.9 Å². The van der Waals surface area contributed by atoms with Crippen LogP contribution in [0.5, 0.6) is 11.5 Å². The Hall–Kier alpha value is -3.15. The molecule has 1 amide bonds. The Morgan fingerprint density at radius 2 is 1.78 bits per heavy atom. The lowest BCUT2D eigenvalue weighted by molar-refractivity contribution is -0.181. The number of carbonyl (C=O) groups is 5. The van der Waals surface area contributed by atoms with Gasteiger partial charge in [0.15, 0.2) is 34.7 Å². The number of Topliss-reactive ketones (excluding diaryl/α,β-unsaturated/α-hetero) is 4. The lowest BCUT2D eigenvalue weighted by atomic mass is 9.52. The second-order valence-electron chi connectivity index (χ2n) is 12.9. The van der Waals surface area contributed by atoms with Gasteiger partial charge in [-0.25, -0.2) is 0 Å². The van der Waals surface area contributed by atoms with Crippen LogP contribution in [0.2, 0.25) is 0 Å². The topological polar surface area (TPSA) is 168 Å². The van der Waals surface area contributed by atoms with E-state index in [-0.39, 0.29) is 24.2 Å². The van der Waals surface area contributed by atoms with Crippen LogP contribution in [0.25, 0.3) is 0 Å². The summed E-state index contributed by atoms with van der Waals surface area (Å²) < 4.78 is 5.83. The molecule has 6 rings (SSSR count). The molecule has 0 radical (unpaired) electrons. The number of likely N-dealkylation sites (tertiary alicyclic amines) is 1. The number of ketones is 4. The van der Waals surface area contributed by atoms with Crippen molar-refractivity contribution in [2.75, 3.05) is 34.3 Å². The average Bonchev–Trinajstić information content (AvgIpc) is 3.48. The van der Waals surface area contributed by atoms with Crippen molar-refractivity contribution in [1.82, 2.24) is 9.80 Å². The summed E-state index contributed by atoms with van der Waals surface area (Å²) >= 11 is 0. The smallest absolute Gasteiger partial charge is 0.235 e. The average molecular weight is 568 g/mol. The molecule has 0 bridgehead atoms. The van der Waals surface area contributed by atoms with Crippen LogP contribution in [-0.2, 0) is 32.1 Å². The van der Waals surface area contributed by atoms with E-state index >= 15 is 0 Å². The van der Waals surface area contributed by atoms with E-state index in [1.165, 1.54) is 37.3 Å². The van der Waals surface area contributed by atoms with E-state index in [0.717, 1.165) is 18.7 Å². The maximum Gasteiger partial charge on any atom is 0.235 e. The van der Waals surface area contributed by atoms with Gasteiger partial charge in [-0.1, -0.05) is 6.42 Å². The summed E-state index contributed by atoms with van der Waals surface area (Å²) in [6, 6.07) is 0.387. The summed E-state index contributed by atoms with van der Waals surface area (Å²) in [4.78, 5) is 70.5. The molecular weight excluding hydrogens is 530 g/mol. The maximum absolute atomic E-state index is 14.0. The lowest BCUT2D eigenvalue weighted by Crippen LogP contribution is -2.74. The van der Waals surface area contributed by atoms with Crippen LogP contribution in [0.1, 0.15) is 47.2 Å². The third kappa shape index (κ3) is 3.92. The molecule has 4 fully saturated rings. The number of primary amides is 1. The largest absolute Gasteiger partial charge is 0.507 e. The zero-order valence-electron chi connectivity index (χ0n) is 23.6. The molecule has 3 saturated carbocycles. The number of hydrogen-bond acceptors (Lipinski definition) is 10. The standard InChI is InChI=1S/C30H37N3O8/c1-32(2)23-18-8-15-7-17-21(24(35)20(15)27(37)30(18,40)28(38)22(25(23)36)29(31)39)19(34)9-16(26(17)41-3)12-33-10-13-5-4-6-14(13)11-33/h9,13-15,18,20,22-23,34,40H,4-8,10-12H2,1-3H3,(H2,31,39)/t13?,14?,15-,18-,20?,22?,23-,30-/m0/s1. The van der Waals surface area contributed by atoms with Crippen molar-refractivity contribution in [3.63, 3.8) is 0 Å². The van der Waals surface area contributed by atoms with Crippen LogP contribution in [0.4, 0.5) is 0 Å². The van der Waals surface area contributed by atoms with Crippen molar-refractivity contribution in [3.8, 4) is 11.5 Å². The van der Waals surface area contributed by atoms with Gasteiger partial charge in [-0.05, 0) is 63.6 Å². The number of aliphatic hydroxyl groups is 1. The van der Waals surface area contributed by atoms with E-state index in [2.05, 4.69) is 4.90 Å². The highest BCUT2D eigenvalue weighted by atomic mass is 16.5. The molecule has 5 aliphatic rings. The maximum atomic E-state index is 14.0. The van der Waals surface area contributed by atoms with Crippen LogP contribution in [0, 0.1) is 35.5 Å². The Bertz CT molecular complexity index is 1360. The third-order valence-electron chi connectivity index (χ3n) is 10.5. The fourth-order valence-electron chi connectivity index (χ4n) is 8.79. The van der Waals surface area contributed by atoms with Gasteiger partial charge in [0.1, 0.15) is 11.5 Å². The summed E-state index contributed by atoms with van der Waals surface area (Å²) in [6.45, 7) is 2.51. The van der Waals surface area contributed by atoms with Gasteiger partial charge in [0.05, 0.1) is 24.6 Å². The fraction of sp³-hybridized carbons (Fsp3) is 0.633. The van der Waals surface area contributed by atoms with Gasteiger partial charge in [-0.3, -0.25) is 33.8 Å². The molecule has 1 heterocycles. The minimum absolute atomic E-state index is 0.00746. The number of methoxy groups -OCH3 is 1. The molecule has 4 N–H and O–H groups in total. The first kappa shape index (κ1) is 28.0. The summed E-state index contributed by atoms with van der Waals surface area (Å²) in [5, 5.41) is 22.8. The van der Waals surface area contributed by atoms with Gasteiger partial charge in [0.2, 0.25) is 5.91 Å². The van der Waals surface area contributed by atoms with Crippen LogP contribution in [-0.4, -0.2) is 95.0 Å². The van der Waals surface area contributed by atoms with Gasteiger partial charge in [0.25, 0.3) is 0 Å². The van der Waals surface area contributed by atoms with Gasteiger partial charge in [-0.15, -0.1) is 0 Å². The minimum Gasteiger partial charge on any atom is -0.507 e. The SMILES string of the molecule is COc1c(CN2CC3CCCC3C2)cc(O)c2c1C[C@H]1C[C@H]3[C@H](N(C)C)C(=O)C(C(N)=O)C(=O)[C@@]3(O)C(=O)C1C2=O. The minimum atomic E-state index is -2.73. The Morgan fingerprint density at radius 1 is 1.12 bits per heavy atom. The molecule has 0 spiro atoms. The molecule has 41 heavy (non-hydrogen) atoms. The highest BCUT2D eigenvalue weighted by Gasteiger charge is 2.69. The van der Waals surface area contributed by atoms with Crippen molar-refractivity contribution in [1.29, 1.82) is 0 Å². The Kier molecular flexibility index (Phi) is 6.63. The lowest BCUT2D eigenvalue weighted by Gasteiger charge is -2.52. The molecule has 1 aromatic rings. The van der Waals surface area contributed by atoms with Crippen molar-refractivity contribution in [3.05, 3.63) is 22.8 Å². The number of rotatable bonds is 5. The molecular formula is C30H37N3O8. The van der Waals surface area contributed by atoms with E-state index < -0.39 is 64.4 Å². The second-order valence-corrected chi connectivity index (χ2v) is 12.9. The van der Waals surface area contributed by atoms with Crippen LogP contribution >= 0.6 is 0 Å². The number of benzene rings is 1. The number of phenolic OH excluding ortho intramolecular Hbond substituents is 1. The van der Waals surface area contributed by atoms with Gasteiger partial charge < -0.3 is 20.7 Å². The molecule has 11 nitrogen and oxygen atoms in total. The first-order valence-corrected chi connectivity index (χ1v) is 14.4. The number of phenols is 1. The highest BCUT2D eigenvalue weighted by Crippen LogP contribution is 2.52. The number of ether oxygens (including phenoxy) is 1. The van der Waals surface area contributed by atoms with Gasteiger partial charge in [-0.2, -0.15) is 0 Å². The van der Waals surface area contributed by atoms with Crippen molar-refractivity contribution in [2.45, 2.75) is 50.3 Å². The zero-order valence-corrected chi connectivity index (χ0v) is 23.6. The monoisotopic (exact) mass is 567 g/mol. The van der Waals surface area contributed by atoms with E-state index in [1.54, 1.807) is 14.1 Å². The summed E-state index contributed by atoms with van der Waals surface area (Å²) in [5.74, 6) is -8.66. The number of nitrogens with two attached hydrogens (primary N) is 1. The van der Waals surface area contributed by atoms with Gasteiger partial charge >= 0.3 is 0 Å². The van der Waals surface area contributed by atoms with E-state index in [0.29, 0.717) is 29.7 Å². The molecule has 1 aromatic carbocycles. The molecule has 220 valence electrons. The number of nitrogens with zero attached hydrogens (tertiary/aromatic N) is 2.